The average Bonchev–Trinajstić information content (AvgIpc) is 2.60. The van der Waals surface area contributed by atoms with Crippen LogP contribution in [0.15, 0.2) is 48.5 Å². The third-order valence-corrected chi connectivity index (χ3v) is 3.69. The highest BCUT2D eigenvalue weighted by Gasteiger charge is 2.17. The van der Waals surface area contributed by atoms with E-state index in [9.17, 15) is 17.6 Å². The molecule has 0 aliphatic rings. The lowest BCUT2D eigenvalue weighted by atomic mass is 10.00. The van der Waals surface area contributed by atoms with Crippen molar-refractivity contribution in [2.24, 2.45) is 0 Å². The Morgan fingerprint density at radius 2 is 1.36 bits per heavy atom. The summed E-state index contributed by atoms with van der Waals surface area (Å²) in [7, 11) is 0. The first-order chi connectivity index (χ1) is 12.0. The van der Waals surface area contributed by atoms with Crippen LogP contribution in [0, 0.1) is 34.6 Å². The maximum absolute atomic E-state index is 14.1. The van der Waals surface area contributed by atoms with Crippen LogP contribution in [-0.2, 0) is 6.42 Å². The van der Waals surface area contributed by atoms with Gasteiger partial charge in [0.1, 0.15) is 0 Å². The van der Waals surface area contributed by atoms with Crippen LogP contribution in [0.1, 0.15) is 5.69 Å². The van der Waals surface area contributed by atoms with Gasteiger partial charge in [-0.3, -0.25) is 4.98 Å². The van der Waals surface area contributed by atoms with Crippen LogP contribution in [0.4, 0.5) is 17.6 Å². The Kier molecular flexibility index (Phi) is 4.48. The first-order valence-electron chi connectivity index (χ1n) is 7.28. The molecular weight excluding hydrogens is 332 g/mol. The molecule has 0 fully saturated rings. The van der Waals surface area contributed by atoms with Gasteiger partial charge in [-0.1, -0.05) is 24.3 Å². The fourth-order valence-corrected chi connectivity index (χ4v) is 2.52. The Bertz CT molecular complexity index is 993. The number of hydrogen-bond donors (Lipinski definition) is 0. The van der Waals surface area contributed by atoms with Crippen molar-refractivity contribution >= 4 is 0 Å². The maximum Gasteiger partial charge on any atom is 0.168 e. The number of aromatic nitrogens is 1. The van der Waals surface area contributed by atoms with E-state index in [1.54, 1.807) is 0 Å². The van der Waals surface area contributed by atoms with Crippen LogP contribution in [0.25, 0.3) is 22.4 Å². The summed E-state index contributed by atoms with van der Waals surface area (Å²) in [5.41, 5.74) is 0.338. The molecule has 3 rings (SSSR count). The Labute approximate surface area is 141 Å². The number of halogens is 4. The van der Waals surface area contributed by atoms with Crippen LogP contribution in [-0.4, -0.2) is 4.98 Å². The molecule has 0 amide bonds. The van der Waals surface area contributed by atoms with E-state index in [4.69, 9.17) is 5.26 Å². The molecule has 0 radical (unpaired) electrons. The Hall–Kier alpha value is -3.20. The fourth-order valence-electron chi connectivity index (χ4n) is 2.52. The third-order valence-electron chi connectivity index (χ3n) is 3.69. The number of rotatable bonds is 3. The van der Waals surface area contributed by atoms with E-state index >= 15 is 0 Å². The maximum atomic E-state index is 14.1. The summed E-state index contributed by atoms with van der Waals surface area (Å²) in [5, 5.41) is 8.98. The van der Waals surface area contributed by atoms with Gasteiger partial charge in [0.2, 0.25) is 0 Å². The summed E-state index contributed by atoms with van der Waals surface area (Å²) in [4.78, 5) is 4.16. The summed E-state index contributed by atoms with van der Waals surface area (Å²) in [6.07, 6.45) is -0.198. The molecule has 25 heavy (non-hydrogen) atoms. The molecule has 1 aromatic heterocycles. The highest BCUT2D eigenvalue weighted by molar-refractivity contribution is 5.71. The minimum Gasteiger partial charge on any atom is -0.251 e. The lowest BCUT2D eigenvalue weighted by Crippen LogP contribution is -2.00. The highest BCUT2D eigenvalue weighted by atomic mass is 19.2. The molecule has 0 atom stereocenters. The SMILES string of the molecule is N#CCc1nc(-c2cccc(F)c2F)ccc1-c1cccc(F)c1F. The highest BCUT2D eigenvalue weighted by Crippen LogP contribution is 2.30. The minimum absolute atomic E-state index is 0.0518. The van der Waals surface area contributed by atoms with Crippen molar-refractivity contribution in [1.82, 2.24) is 4.98 Å². The van der Waals surface area contributed by atoms with Crippen molar-refractivity contribution in [3.05, 3.63) is 77.5 Å². The summed E-state index contributed by atoms with van der Waals surface area (Å²) < 4.78 is 54.9. The average molecular weight is 342 g/mol. The van der Waals surface area contributed by atoms with Crippen LogP contribution >= 0.6 is 0 Å². The van der Waals surface area contributed by atoms with Gasteiger partial charge in [-0.15, -0.1) is 0 Å². The Balaban J connectivity index is 2.19. The van der Waals surface area contributed by atoms with E-state index in [-0.39, 0.29) is 34.5 Å². The van der Waals surface area contributed by atoms with Crippen molar-refractivity contribution in [3.8, 4) is 28.5 Å². The van der Waals surface area contributed by atoms with Crippen LogP contribution in [0.3, 0.4) is 0 Å². The molecule has 6 heteroatoms. The smallest absolute Gasteiger partial charge is 0.168 e. The van der Waals surface area contributed by atoms with E-state index in [2.05, 4.69) is 4.98 Å². The van der Waals surface area contributed by atoms with Gasteiger partial charge in [0.05, 0.1) is 23.9 Å². The Morgan fingerprint density at radius 1 is 0.760 bits per heavy atom. The molecule has 0 saturated heterocycles. The fraction of sp³-hybridized carbons (Fsp3) is 0.0526. The standard InChI is InChI=1S/C19H10F4N2/c20-14-5-1-3-12(18(14)22)11-7-8-16(25-17(11)9-10-24)13-4-2-6-15(21)19(13)23/h1-8H,9H2. The predicted octanol–water partition coefficient (Wildman–Crippen LogP) is 5.04. The van der Waals surface area contributed by atoms with E-state index < -0.39 is 23.3 Å². The molecule has 0 bridgehead atoms. The molecule has 3 aromatic rings. The van der Waals surface area contributed by atoms with Gasteiger partial charge in [0, 0.05) is 16.7 Å². The predicted molar refractivity (Wildman–Crippen MR) is 84.3 cm³/mol. The second-order valence-corrected chi connectivity index (χ2v) is 5.23. The number of pyridine rings is 1. The summed E-state index contributed by atoms with van der Waals surface area (Å²) in [6.45, 7) is 0. The van der Waals surface area contributed by atoms with E-state index in [1.165, 1.54) is 36.4 Å². The van der Waals surface area contributed by atoms with Crippen LogP contribution in [0.5, 0.6) is 0 Å². The van der Waals surface area contributed by atoms with E-state index in [0.717, 1.165) is 12.1 Å². The number of benzene rings is 2. The van der Waals surface area contributed by atoms with Gasteiger partial charge >= 0.3 is 0 Å². The molecule has 0 N–H and O–H groups in total. The van der Waals surface area contributed by atoms with Gasteiger partial charge in [0.15, 0.2) is 23.3 Å². The largest absolute Gasteiger partial charge is 0.251 e. The Morgan fingerprint density at radius 3 is 2.00 bits per heavy atom. The second kappa shape index (κ2) is 6.73. The van der Waals surface area contributed by atoms with Crippen LogP contribution < -0.4 is 0 Å². The zero-order chi connectivity index (χ0) is 18.0. The monoisotopic (exact) mass is 342 g/mol. The van der Waals surface area contributed by atoms with Gasteiger partial charge < -0.3 is 0 Å². The summed E-state index contributed by atoms with van der Waals surface area (Å²) in [5.74, 6) is -4.18. The molecule has 0 saturated carbocycles. The second-order valence-electron chi connectivity index (χ2n) is 5.23. The first-order valence-corrected chi connectivity index (χ1v) is 7.28. The van der Waals surface area contributed by atoms with Crippen molar-refractivity contribution in [2.75, 3.05) is 0 Å². The van der Waals surface area contributed by atoms with Crippen molar-refractivity contribution in [3.63, 3.8) is 0 Å². The van der Waals surface area contributed by atoms with Crippen LogP contribution in [0.2, 0.25) is 0 Å². The quantitative estimate of drug-likeness (QED) is 0.626. The molecule has 2 aromatic carbocycles. The number of hydrogen-bond acceptors (Lipinski definition) is 2. The minimum atomic E-state index is -1.07. The number of nitriles is 1. The van der Waals surface area contributed by atoms with Crippen molar-refractivity contribution < 1.29 is 17.6 Å². The molecule has 0 spiro atoms. The van der Waals surface area contributed by atoms with Gasteiger partial charge in [-0.05, 0) is 24.3 Å². The van der Waals surface area contributed by atoms with Gasteiger partial charge in [0.25, 0.3) is 0 Å². The zero-order valence-corrected chi connectivity index (χ0v) is 12.7. The van der Waals surface area contributed by atoms with Crippen molar-refractivity contribution in [2.45, 2.75) is 6.42 Å². The molecule has 0 aliphatic heterocycles. The number of nitrogens with zero attached hydrogens (tertiary/aromatic N) is 2. The molecule has 0 unspecified atom stereocenters. The lowest BCUT2D eigenvalue weighted by Gasteiger charge is -2.11. The van der Waals surface area contributed by atoms with Gasteiger partial charge in [-0.2, -0.15) is 5.26 Å². The molecule has 2 nitrogen and oxygen atoms in total. The van der Waals surface area contributed by atoms with Gasteiger partial charge in [-0.25, -0.2) is 17.6 Å². The zero-order valence-electron chi connectivity index (χ0n) is 12.7. The molecule has 1 heterocycles. The molecule has 124 valence electrons. The first kappa shape index (κ1) is 16.7. The van der Waals surface area contributed by atoms with Crippen molar-refractivity contribution in [1.29, 1.82) is 5.26 Å². The third kappa shape index (κ3) is 3.09. The summed E-state index contributed by atoms with van der Waals surface area (Å²) in [6, 6.07) is 12.0. The molecular formula is C19H10F4N2. The lowest BCUT2D eigenvalue weighted by molar-refractivity contribution is 0.510. The summed E-state index contributed by atoms with van der Waals surface area (Å²) >= 11 is 0. The van der Waals surface area contributed by atoms with E-state index in [1.807, 2.05) is 6.07 Å². The van der Waals surface area contributed by atoms with E-state index in [0.29, 0.717) is 0 Å². The molecule has 0 aliphatic carbocycles. The topological polar surface area (TPSA) is 36.7 Å². The normalized spacial score (nSPS) is 10.5.